The minimum Gasteiger partial charge on any atom is -0.383 e. The van der Waals surface area contributed by atoms with Crippen LogP contribution in [0, 0.1) is 12.7 Å². The first-order chi connectivity index (χ1) is 9.63. The number of rotatable bonds is 6. The van der Waals surface area contributed by atoms with Gasteiger partial charge in [0, 0.05) is 13.7 Å². The van der Waals surface area contributed by atoms with Gasteiger partial charge in [0.1, 0.15) is 11.5 Å². The number of aromatic nitrogens is 4. The first-order valence-corrected chi connectivity index (χ1v) is 6.40. The average Bonchev–Trinajstić information content (AvgIpc) is 2.88. The standard InChI is InChI=1S/C13H18FN5O/c1-9-4-5-12(11(14)8-9)19-13(16-17-18-19)10(2)15-6-7-20-3/h4-5,8,10,15H,6-7H2,1-3H3. The lowest BCUT2D eigenvalue weighted by Gasteiger charge is -2.13. The molecule has 0 fully saturated rings. The van der Waals surface area contributed by atoms with E-state index in [-0.39, 0.29) is 11.9 Å². The monoisotopic (exact) mass is 279 g/mol. The maximum atomic E-state index is 14.0. The van der Waals surface area contributed by atoms with E-state index in [0.29, 0.717) is 24.7 Å². The molecule has 0 bridgehead atoms. The Hall–Kier alpha value is -1.86. The van der Waals surface area contributed by atoms with Gasteiger partial charge in [-0.1, -0.05) is 6.07 Å². The van der Waals surface area contributed by atoms with Crippen molar-refractivity contribution in [3.63, 3.8) is 0 Å². The first-order valence-electron chi connectivity index (χ1n) is 6.40. The molecule has 0 radical (unpaired) electrons. The highest BCUT2D eigenvalue weighted by atomic mass is 19.1. The Bertz CT molecular complexity index is 572. The molecule has 1 atom stereocenters. The van der Waals surface area contributed by atoms with Gasteiger partial charge in [0.05, 0.1) is 12.6 Å². The smallest absolute Gasteiger partial charge is 0.173 e. The van der Waals surface area contributed by atoms with Crippen molar-refractivity contribution in [2.24, 2.45) is 0 Å². The van der Waals surface area contributed by atoms with Crippen molar-refractivity contribution < 1.29 is 9.13 Å². The molecule has 7 heteroatoms. The number of hydrogen-bond donors (Lipinski definition) is 1. The molecule has 1 aromatic heterocycles. The highest BCUT2D eigenvalue weighted by molar-refractivity contribution is 5.36. The zero-order valence-electron chi connectivity index (χ0n) is 11.8. The van der Waals surface area contributed by atoms with Crippen molar-refractivity contribution >= 4 is 0 Å². The molecule has 1 heterocycles. The van der Waals surface area contributed by atoms with Crippen LogP contribution in [0.5, 0.6) is 0 Å². The minimum absolute atomic E-state index is 0.110. The number of ether oxygens (including phenoxy) is 1. The quantitative estimate of drug-likeness (QED) is 0.810. The molecule has 20 heavy (non-hydrogen) atoms. The van der Waals surface area contributed by atoms with Crippen LogP contribution in [-0.4, -0.2) is 40.5 Å². The van der Waals surface area contributed by atoms with E-state index in [1.165, 1.54) is 10.7 Å². The van der Waals surface area contributed by atoms with Crippen molar-refractivity contribution in [1.29, 1.82) is 0 Å². The van der Waals surface area contributed by atoms with Crippen molar-refractivity contribution in [3.8, 4) is 5.69 Å². The molecule has 0 saturated carbocycles. The summed E-state index contributed by atoms with van der Waals surface area (Å²) in [5.41, 5.74) is 1.20. The van der Waals surface area contributed by atoms with Crippen LogP contribution in [0.4, 0.5) is 4.39 Å². The second kappa shape index (κ2) is 6.53. The van der Waals surface area contributed by atoms with Crippen molar-refractivity contribution in [3.05, 3.63) is 35.4 Å². The third-order valence-corrected chi connectivity index (χ3v) is 2.97. The molecule has 2 aromatic rings. The van der Waals surface area contributed by atoms with Gasteiger partial charge in [-0.15, -0.1) is 5.10 Å². The highest BCUT2D eigenvalue weighted by Crippen LogP contribution is 2.17. The van der Waals surface area contributed by atoms with E-state index >= 15 is 0 Å². The molecular formula is C13H18FN5O. The first kappa shape index (κ1) is 14.5. The van der Waals surface area contributed by atoms with Gasteiger partial charge in [-0.05, 0) is 42.0 Å². The van der Waals surface area contributed by atoms with Gasteiger partial charge in [-0.3, -0.25) is 0 Å². The molecule has 0 spiro atoms. The topological polar surface area (TPSA) is 64.9 Å². The van der Waals surface area contributed by atoms with Gasteiger partial charge in [0.15, 0.2) is 5.82 Å². The summed E-state index contributed by atoms with van der Waals surface area (Å²) in [7, 11) is 1.64. The Morgan fingerprint density at radius 2 is 2.25 bits per heavy atom. The molecule has 0 aliphatic heterocycles. The third-order valence-electron chi connectivity index (χ3n) is 2.97. The maximum Gasteiger partial charge on any atom is 0.173 e. The summed E-state index contributed by atoms with van der Waals surface area (Å²) in [5.74, 6) is 0.214. The van der Waals surface area contributed by atoms with Crippen LogP contribution >= 0.6 is 0 Å². The highest BCUT2D eigenvalue weighted by Gasteiger charge is 2.17. The van der Waals surface area contributed by atoms with E-state index in [1.54, 1.807) is 13.2 Å². The summed E-state index contributed by atoms with van der Waals surface area (Å²) >= 11 is 0. The van der Waals surface area contributed by atoms with Gasteiger partial charge < -0.3 is 10.1 Å². The van der Waals surface area contributed by atoms with Gasteiger partial charge in [-0.25, -0.2) is 4.39 Å². The summed E-state index contributed by atoms with van der Waals surface area (Å²) < 4.78 is 20.4. The number of hydrogen-bond acceptors (Lipinski definition) is 5. The number of aryl methyl sites for hydroxylation is 1. The molecule has 1 aromatic carbocycles. The number of methoxy groups -OCH3 is 1. The molecule has 1 N–H and O–H groups in total. The van der Waals surface area contributed by atoms with E-state index in [1.807, 2.05) is 19.9 Å². The van der Waals surface area contributed by atoms with Gasteiger partial charge >= 0.3 is 0 Å². The number of nitrogens with one attached hydrogen (secondary N) is 1. The van der Waals surface area contributed by atoms with Gasteiger partial charge in [0.25, 0.3) is 0 Å². The van der Waals surface area contributed by atoms with E-state index in [2.05, 4.69) is 20.8 Å². The minimum atomic E-state index is -0.345. The molecular weight excluding hydrogens is 261 g/mol. The molecule has 0 saturated heterocycles. The predicted octanol–water partition coefficient (Wildman–Crippen LogP) is 1.41. The van der Waals surface area contributed by atoms with Gasteiger partial charge in [-0.2, -0.15) is 4.68 Å². The van der Waals surface area contributed by atoms with E-state index in [9.17, 15) is 4.39 Å². The molecule has 2 rings (SSSR count). The summed E-state index contributed by atoms with van der Waals surface area (Å²) in [5, 5.41) is 14.7. The molecule has 0 amide bonds. The van der Waals surface area contributed by atoms with Crippen molar-refractivity contribution in [2.45, 2.75) is 19.9 Å². The number of nitrogens with zero attached hydrogens (tertiary/aromatic N) is 4. The Kier molecular flexibility index (Phi) is 4.75. The zero-order chi connectivity index (χ0) is 14.5. The average molecular weight is 279 g/mol. The fourth-order valence-corrected chi connectivity index (χ4v) is 1.89. The Balaban J connectivity index is 2.23. The molecule has 0 aliphatic carbocycles. The second-order valence-electron chi connectivity index (χ2n) is 4.57. The van der Waals surface area contributed by atoms with E-state index in [4.69, 9.17) is 4.74 Å². The third kappa shape index (κ3) is 3.17. The van der Waals surface area contributed by atoms with E-state index in [0.717, 1.165) is 5.56 Å². The van der Waals surface area contributed by atoms with E-state index < -0.39 is 0 Å². The summed E-state index contributed by atoms with van der Waals surface area (Å²) in [6, 6.07) is 4.85. The van der Waals surface area contributed by atoms with Crippen molar-refractivity contribution in [2.75, 3.05) is 20.3 Å². The second-order valence-corrected chi connectivity index (χ2v) is 4.57. The molecule has 6 nitrogen and oxygen atoms in total. The Labute approximate surface area is 116 Å². The lowest BCUT2D eigenvalue weighted by molar-refractivity contribution is 0.196. The zero-order valence-corrected chi connectivity index (χ0v) is 11.8. The molecule has 108 valence electrons. The van der Waals surface area contributed by atoms with Crippen LogP contribution in [0.2, 0.25) is 0 Å². The fraction of sp³-hybridized carbons (Fsp3) is 0.462. The summed E-state index contributed by atoms with van der Waals surface area (Å²) in [6.07, 6.45) is 0. The van der Waals surface area contributed by atoms with Crippen LogP contribution in [0.25, 0.3) is 5.69 Å². The SMILES string of the molecule is COCCNC(C)c1nnnn1-c1ccc(C)cc1F. The van der Waals surface area contributed by atoms with Crippen LogP contribution in [0.1, 0.15) is 24.4 Å². The van der Waals surface area contributed by atoms with Crippen LogP contribution < -0.4 is 5.32 Å². The maximum absolute atomic E-state index is 14.0. The number of benzene rings is 1. The predicted molar refractivity (Wildman–Crippen MR) is 72.1 cm³/mol. The molecule has 1 unspecified atom stereocenters. The Morgan fingerprint density at radius 1 is 1.45 bits per heavy atom. The molecule has 0 aliphatic rings. The van der Waals surface area contributed by atoms with Gasteiger partial charge in [0.2, 0.25) is 0 Å². The normalized spacial score (nSPS) is 12.6. The van der Waals surface area contributed by atoms with Crippen molar-refractivity contribution in [1.82, 2.24) is 25.5 Å². The van der Waals surface area contributed by atoms with Crippen LogP contribution in [0.3, 0.4) is 0 Å². The lowest BCUT2D eigenvalue weighted by Crippen LogP contribution is -2.25. The fourth-order valence-electron chi connectivity index (χ4n) is 1.89. The largest absolute Gasteiger partial charge is 0.383 e. The Morgan fingerprint density at radius 3 is 2.95 bits per heavy atom. The summed E-state index contributed by atoms with van der Waals surface area (Å²) in [6.45, 7) is 5.01. The number of tetrazole rings is 1. The van der Waals surface area contributed by atoms with Crippen LogP contribution in [0.15, 0.2) is 18.2 Å². The summed E-state index contributed by atoms with van der Waals surface area (Å²) in [4.78, 5) is 0. The lowest BCUT2D eigenvalue weighted by atomic mass is 10.2. The number of halogens is 1. The van der Waals surface area contributed by atoms with Crippen LogP contribution in [-0.2, 0) is 4.74 Å².